The molecule has 0 saturated carbocycles. The molecule has 0 atom stereocenters. The fourth-order valence-corrected chi connectivity index (χ4v) is 2.88. The lowest BCUT2D eigenvalue weighted by atomic mass is 10.1. The molecule has 0 bridgehead atoms. The third kappa shape index (κ3) is 4.97. The molecule has 0 aromatic heterocycles. The normalized spacial score (nSPS) is 11.1. The second-order valence-electron chi connectivity index (χ2n) is 5.18. The van der Waals surface area contributed by atoms with E-state index in [1.165, 1.54) is 18.2 Å². The monoisotopic (exact) mass is 352 g/mol. The van der Waals surface area contributed by atoms with E-state index in [9.17, 15) is 13.2 Å². The topological polar surface area (TPSA) is 75.3 Å². The number of halogens is 1. The average molecular weight is 353 g/mol. The number of amides is 1. The quantitative estimate of drug-likeness (QED) is 0.868. The number of nitrogens with one attached hydrogen (secondary N) is 2. The van der Waals surface area contributed by atoms with Crippen molar-refractivity contribution in [3.05, 3.63) is 64.2 Å². The maximum atomic E-state index is 12.2. The van der Waals surface area contributed by atoms with Crippen LogP contribution in [0.1, 0.15) is 21.5 Å². The van der Waals surface area contributed by atoms with Crippen LogP contribution in [0.3, 0.4) is 0 Å². The van der Waals surface area contributed by atoms with E-state index in [1.54, 1.807) is 0 Å². The Morgan fingerprint density at radius 3 is 2.48 bits per heavy atom. The van der Waals surface area contributed by atoms with Gasteiger partial charge in [0.15, 0.2) is 0 Å². The maximum absolute atomic E-state index is 12.2. The van der Waals surface area contributed by atoms with Gasteiger partial charge in [-0.3, -0.25) is 9.52 Å². The summed E-state index contributed by atoms with van der Waals surface area (Å²) in [5.41, 5.74) is 2.71. The van der Waals surface area contributed by atoms with E-state index in [1.807, 2.05) is 31.2 Å². The Morgan fingerprint density at radius 2 is 1.87 bits per heavy atom. The number of hydrogen-bond donors (Lipinski definition) is 2. The van der Waals surface area contributed by atoms with Gasteiger partial charge in [0.2, 0.25) is 10.0 Å². The highest BCUT2D eigenvalue weighted by Crippen LogP contribution is 2.21. The molecule has 7 heteroatoms. The SMILES string of the molecule is Cc1ccccc1CNC(=O)c1ccc(NS(C)(=O)=O)cc1Cl. The van der Waals surface area contributed by atoms with Crippen molar-refractivity contribution in [1.82, 2.24) is 5.32 Å². The summed E-state index contributed by atoms with van der Waals surface area (Å²) in [6.45, 7) is 2.37. The van der Waals surface area contributed by atoms with Crippen LogP contribution in [0.2, 0.25) is 5.02 Å². The molecule has 0 heterocycles. The molecule has 23 heavy (non-hydrogen) atoms. The molecule has 0 aliphatic carbocycles. The molecule has 0 unspecified atom stereocenters. The number of carbonyl (C=O) groups excluding carboxylic acids is 1. The van der Waals surface area contributed by atoms with E-state index >= 15 is 0 Å². The highest BCUT2D eigenvalue weighted by Gasteiger charge is 2.12. The first-order valence-corrected chi connectivity index (χ1v) is 9.13. The Labute approximate surface area is 140 Å². The van der Waals surface area contributed by atoms with Crippen molar-refractivity contribution in [3.8, 4) is 0 Å². The minimum Gasteiger partial charge on any atom is -0.348 e. The molecule has 2 N–H and O–H groups in total. The molecule has 0 aliphatic rings. The predicted octanol–water partition coefficient (Wildman–Crippen LogP) is 2.95. The van der Waals surface area contributed by atoms with E-state index in [4.69, 9.17) is 11.6 Å². The first kappa shape index (κ1) is 17.3. The van der Waals surface area contributed by atoms with Crippen molar-refractivity contribution in [2.45, 2.75) is 13.5 Å². The van der Waals surface area contributed by atoms with Gasteiger partial charge in [0.1, 0.15) is 0 Å². The Bertz CT molecular complexity index is 835. The molecule has 0 aliphatic heterocycles. The summed E-state index contributed by atoms with van der Waals surface area (Å²) in [4.78, 5) is 12.2. The van der Waals surface area contributed by atoms with Crippen molar-refractivity contribution in [3.63, 3.8) is 0 Å². The Kier molecular flexibility index (Phi) is 5.28. The lowest BCUT2D eigenvalue weighted by Crippen LogP contribution is -2.23. The molecule has 0 radical (unpaired) electrons. The molecule has 2 aromatic carbocycles. The van der Waals surface area contributed by atoms with Gasteiger partial charge >= 0.3 is 0 Å². The lowest BCUT2D eigenvalue weighted by Gasteiger charge is -2.10. The second-order valence-corrected chi connectivity index (χ2v) is 7.33. The van der Waals surface area contributed by atoms with Crippen molar-refractivity contribution in [2.75, 3.05) is 11.0 Å². The van der Waals surface area contributed by atoms with Crippen LogP contribution in [-0.2, 0) is 16.6 Å². The van der Waals surface area contributed by atoms with Crippen LogP contribution in [0.25, 0.3) is 0 Å². The number of aryl methyl sites for hydroxylation is 1. The number of carbonyl (C=O) groups is 1. The van der Waals surface area contributed by atoms with E-state index in [0.29, 0.717) is 17.8 Å². The first-order valence-electron chi connectivity index (χ1n) is 6.86. The van der Waals surface area contributed by atoms with Gasteiger partial charge in [-0.25, -0.2) is 8.42 Å². The van der Waals surface area contributed by atoms with Gasteiger partial charge in [-0.05, 0) is 36.2 Å². The van der Waals surface area contributed by atoms with Crippen LogP contribution in [0, 0.1) is 6.92 Å². The van der Waals surface area contributed by atoms with Gasteiger partial charge in [-0.2, -0.15) is 0 Å². The summed E-state index contributed by atoms with van der Waals surface area (Å²) in [6, 6.07) is 12.2. The molecule has 5 nitrogen and oxygen atoms in total. The van der Waals surface area contributed by atoms with Crippen molar-refractivity contribution < 1.29 is 13.2 Å². The molecule has 122 valence electrons. The molecule has 0 saturated heterocycles. The molecule has 1 amide bonds. The third-order valence-electron chi connectivity index (χ3n) is 3.22. The lowest BCUT2D eigenvalue weighted by molar-refractivity contribution is 0.0951. The Morgan fingerprint density at radius 1 is 1.17 bits per heavy atom. The van der Waals surface area contributed by atoms with E-state index in [0.717, 1.165) is 17.4 Å². The van der Waals surface area contributed by atoms with Gasteiger partial charge < -0.3 is 5.32 Å². The minimum absolute atomic E-state index is 0.181. The summed E-state index contributed by atoms with van der Waals surface area (Å²) >= 11 is 6.07. The molecule has 2 aromatic rings. The molecule has 0 fully saturated rings. The summed E-state index contributed by atoms with van der Waals surface area (Å²) in [6.07, 6.45) is 1.05. The fourth-order valence-electron chi connectivity index (χ4n) is 2.06. The van der Waals surface area contributed by atoms with Crippen LogP contribution in [-0.4, -0.2) is 20.6 Å². The van der Waals surface area contributed by atoms with Gasteiger partial charge in [-0.1, -0.05) is 35.9 Å². The van der Waals surface area contributed by atoms with Crippen molar-refractivity contribution in [1.29, 1.82) is 0 Å². The Balaban J connectivity index is 2.09. The Hall–Kier alpha value is -2.05. The largest absolute Gasteiger partial charge is 0.348 e. The number of rotatable bonds is 5. The summed E-state index contributed by atoms with van der Waals surface area (Å²) in [7, 11) is -3.39. The van der Waals surface area contributed by atoms with E-state index in [2.05, 4.69) is 10.0 Å². The fraction of sp³-hybridized carbons (Fsp3) is 0.188. The zero-order valence-electron chi connectivity index (χ0n) is 12.8. The third-order valence-corrected chi connectivity index (χ3v) is 4.14. The summed E-state index contributed by atoms with van der Waals surface area (Å²) in [5, 5.41) is 2.98. The summed E-state index contributed by atoms with van der Waals surface area (Å²) in [5.74, 6) is -0.316. The molecular formula is C16H17ClN2O3S. The molecule has 0 spiro atoms. The van der Waals surface area contributed by atoms with Crippen LogP contribution < -0.4 is 10.0 Å². The van der Waals surface area contributed by atoms with Crippen molar-refractivity contribution in [2.24, 2.45) is 0 Å². The summed E-state index contributed by atoms with van der Waals surface area (Å²) < 4.78 is 24.7. The van der Waals surface area contributed by atoms with Gasteiger partial charge in [0.05, 0.1) is 16.8 Å². The van der Waals surface area contributed by atoms with E-state index in [-0.39, 0.29) is 10.9 Å². The minimum atomic E-state index is -3.39. The number of benzene rings is 2. The highest BCUT2D eigenvalue weighted by molar-refractivity contribution is 7.92. The standard InChI is InChI=1S/C16H17ClN2O3S/c1-11-5-3-4-6-12(11)10-18-16(20)14-8-7-13(9-15(14)17)19-23(2,21)22/h3-9,19H,10H2,1-2H3,(H,18,20). The van der Waals surface area contributed by atoms with E-state index < -0.39 is 10.0 Å². The van der Waals surface area contributed by atoms with Crippen LogP contribution >= 0.6 is 11.6 Å². The van der Waals surface area contributed by atoms with Crippen molar-refractivity contribution >= 4 is 33.2 Å². The van der Waals surface area contributed by atoms with Crippen LogP contribution in [0.5, 0.6) is 0 Å². The second kappa shape index (κ2) is 7.02. The zero-order chi connectivity index (χ0) is 17.0. The van der Waals surface area contributed by atoms with Crippen LogP contribution in [0.4, 0.5) is 5.69 Å². The highest BCUT2D eigenvalue weighted by atomic mass is 35.5. The number of anilines is 1. The zero-order valence-corrected chi connectivity index (χ0v) is 14.3. The van der Waals surface area contributed by atoms with Gasteiger partial charge in [-0.15, -0.1) is 0 Å². The van der Waals surface area contributed by atoms with Crippen LogP contribution in [0.15, 0.2) is 42.5 Å². The maximum Gasteiger partial charge on any atom is 0.253 e. The number of hydrogen-bond acceptors (Lipinski definition) is 3. The molecule has 2 rings (SSSR count). The average Bonchev–Trinajstić information content (AvgIpc) is 2.44. The number of sulfonamides is 1. The smallest absolute Gasteiger partial charge is 0.253 e. The predicted molar refractivity (Wildman–Crippen MR) is 92.3 cm³/mol. The van der Waals surface area contributed by atoms with Gasteiger partial charge in [0, 0.05) is 12.2 Å². The van der Waals surface area contributed by atoms with Gasteiger partial charge in [0.25, 0.3) is 5.91 Å². The first-order chi connectivity index (χ1) is 10.8. The molecular weight excluding hydrogens is 336 g/mol.